The van der Waals surface area contributed by atoms with Crippen molar-refractivity contribution in [1.29, 1.82) is 0 Å². The molecule has 0 fully saturated rings. The minimum Gasteiger partial charge on any atom is -0.489 e. The maximum Gasteiger partial charge on any atom is 0.304 e. The van der Waals surface area contributed by atoms with Crippen LogP contribution in [0.4, 0.5) is 0 Å². The summed E-state index contributed by atoms with van der Waals surface area (Å²) in [5.41, 5.74) is 1.82. The summed E-state index contributed by atoms with van der Waals surface area (Å²) < 4.78 is 13.4. The number of benzene rings is 3. The van der Waals surface area contributed by atoms with Crippen LogP contribution in [0.1, 0.15) is 29.3 Å². The number of para-hydroxylation sites is 1. The molecule has 7 heteroatoms. The van der Waals surface area contributed by atoms with Crippen molar-refractivity contribution >= 4 is 5.97 Å². The van der Waals surface area contributed by atoms with E-state index in [-0.39, 0.29) is 12.3 Å². The fraction of sp³-hybridized carbons (Fsp3) is 0.160. The van der Waals surface area contributed by atoms with Crippen molar-refractivity contribution in [2.75, 3.05) is 0 Å². The molecule has 3 aromatic carbocycles. The van der Waals surface area contributed by atoms with Gasteiger partial charge in [0.15, 0.2) is 0 Å². The van der Waals surface area contributed by atoms with Crippen LogP contribution in [0.2, 0.25) is 0 Å². The highest BCUT2D eigenvalue weighted by Gasteiger charge is 2.22. The van der Waals surface area contributed by atoms with E-state index >= 15 is 0 Å². The summed E-state index contributed by atoms with van der Waals surface area (Å²) in [7, 11) is 1.75. The Hall–Kier alpha value is -4.13. The largest absolute Gasteiger partial charge is 0.489 e. The highest BCUT2D eigenvalue weighted by atomic mass is 16.5. The summed E-state index contributed by atoms with van der Waals surface area (Å²) in [4.78, 5) is 15.6. The van der Waals surface area contributed by atoms with Crippen LogP contribution in [-0.2, 0) is 18.4 Å². The molecule has 4 rings (SSSR count). The van der Waals surface area contributed by atoms with E-state index in [4.69, 9.17) is 9.47 Å². The zero-order chi connectivity index (χ0) is 22.3. The van der Waals surface area contributed by atoms with Crippen LogP contribution in [0, 0.1) is 0 Å². The maximum absolute atomic E-state index is 11.4. The van der Waals surface area contributed by atoms with Crippen molar-refractivity contribution in [2.45, 2.75) is 18.9 Å². The SMILES string of the molecule is Cn1ncnc1[C@@H](CC(=O)O)c1ccc(OCc2cccc(Oc3ccccc3)c2)cc1. The lowest BCUT2D eigenvalue weighted by molar-refractivity contribution is -0.137. The van der Waals surface area contributed by atoms with E-state index in [0.717, 1.165) is 22.6 Å². The van der Waals surface area contributed by atoms with E-state index in [1.807, 2.05) is 78.9 Å². The number of aromatic nitrogens is 3. The molecule has 1 heterocycles. The molecule has 0 saturated heterocycles. The van der Waals surface area contributed by atoms with Crippen molar-refractivity contribution in [3.63, 3.8) is 0 Å². The third-order valence-corrected chi connectivity index (χ3v) is 5.00. The lowest BCUT2D eigenvalue weighted by atomic mass is 9.95. The average molecular weight is 429 g/mol. The van der Waals surface area contributed by atoms with E-state index < -0.39 is 5.97 Å². The second-order valence-corrected chi connectivity index (χ2v) is 7.31. The summed E-state index contributed by atoms with van der Waals surface area (Å²) in [5.74, 6) is 1.54. The summed E-state index contributed by atoms with van der Waals surface area (Å²) >= 11 is 0. The van der Waals surface area contributed by atoms with E-state index in [0.29, 0.717) is 18.2 Å². The molecule has 7 nitrogen and oxygen atoms in total. The molecule has 162 valence electrons. The molecule has 1 aromatic heterocycles. The van der Waals surface area contributed by atoms with Gasteiger partial charge in [0.25, 0.3) is 0 Å². The van der Waals surface area contributed by atoms with Gasteiger partial charge < -0.3 is 14.6 Å². The molecule has 0 amide bonds. The number of hydrogen-bond donors (Lipinski definition) is 1. The first-order valence-electron chi connectivity index (χ1n) is 10.2. The first-order valence-corrected chi connectivity index (χ1v) is 10.2. The van der Waals surface area contributed by atoms with Gasteiger partial charge in [0.05, 0.1) is 12.3 Å². The predicted octanol–water partition coefficient (Wildman–Crippen LogP) is 4.79. The Bertz CT molecular complexity index is 1170. The second kappa shape index (κ2) is 9.78. The van der Waals surface area contributed by atoms with Gasteiger partial charge in [0, 0.05) is 7.05 Å². The molecule has 0 aliphatic heterocycles. The minimum atomic E-state index is -0.893. The first kappa shape index (κ1) is 21.1. The molecule has 0 unspecified atom stereocenters. The van der Waals surface area contributed by atoms with Crippen LogP contribution in [0.25, 0.3) is 0 Å². The number of carbonyl (C=O) groups is 1. The number of carboxylic acids is 1. The summed E-state index contributed by atoms with van der Waals surface area (Å²) in [6.07, 6.45) is 1.36. The fourth-order valence-electron chi connectivity index (χ4n) is 3.44. The fourth-order valence-corrected chi connectivity index (χ4v) is 3.44. The Labute approximate surface area is 185 Å². The molecular formula is C25H23N3O4. The van der Waals surface area contributed by atoms with Gasteiger partial charge in [-0.3, -0.25) is 9.48 Å². The number of rotatable bonds is 9. The van der Waals surface area contributed by atoms with Crippen LogP contribution in [0.5, 0.6) is 17.2 Å². The third kappa shape index (κ3) is 5.31. The van der Waals surface area contributed by atoms with Crippen molar-refractivity contribution in [3.8, 4) is 17.2 Å². The number of aryl methyl sites for hydroxylation is 1. The van der Waals surface area contributed by atoms with Gasteiger partial charge in [-0.15, -0.1) is 0 Å². The number of nitrogens with zero attached hydrogens (tertiary/aromatic N) is 3. The van der Waals surface area contributed by atoms with E-state index in [1.54, 1.807) is 11.7 Å². The Kier molecular flexibility index (Phi) is 6.46. The van der Waals surface area contributed by atoms with Crippen molar-refractivity contribution < 1.29 is 19.4 Å². The van der Waals surface area contributed by atoms with Gasteiger partial charge in [0.2, 0.25) is 0 Å². The van der Waals surface area contributed by atoms with Crippen molar-refractivity contribution in [3.05, 3.63) is 102 Å². The Morgan fingerprint density at radius 2 is 1.72 bits per heavy atom. The van der Waals surface area contributed by atoms with Gasteiger partial charge in [-0.1, -0.05) is 42.5 Å². The average Bonchev–Trinajstić information content (AvgIpc) is 3.23. The van der Waals surface area contributed by atoms with Gasteiger partial charge in [-0.2, -0.15) is 5.10 Å². The lowest BCUT2D eigenvalue weighted by Gasteiger charge is -2.15. The van der Waals surface area contributed by atoms with Crippen LogP contribution in [0.15, 0.2) is 85.2 Å². The zero-order valence-electron chi connectivity index (χ0n) is 17.6. The molecule has 1 N–H and O–H groups in total. The molecule has 4 aromatic rings. The van der Waals surface area contributed by atoms with Crippen LogP contribution in [0.3, 0.4) is 0 Å². The monoisotopic (exact) mass is 429 g/mol. The Balaban J connectivity index is 1.42. The molecule has 1 atom stereocenters. The quantitative estimate of drug-likeness (QED) is 0.412. The zero-order valence-corrected chi connectivity index (χ0v) is 17.6. The molecule has 0 spiro atoms. The number of ether oxygens (including phenoxy) is 2. The van der Waals surface area contributed by atoms with Gasteiger partial charge in [0.1, 0.15) is 36.0 Å². The van der Waals surface area contributed by atoms with Crippen molar-refractivity contribution in [1.82, 2.24) is 14.8 Å². The molecule has 0 aliphatic rings. The normalized spacial score (nSPS) is 11.7. The third-order valence-electron chi connectivity index (χ3n) is 5.00. The predicted molar refractivity (Wildman–Crippen MR) is 119 cm³/mol. The maximum atomic E-state index is 11.4. The Morgan fingerprint density at radius 3 is 2.41 bits per heavy atom. The summed E-state index contributed by atoms with van der Waals surface area (Å²) in [6.45, 7) is 0.382. The van der Waals surface area contributed by atoms with Gasteiger partial charge in [-0.25, -0.2) is 4.98 Å². The van der Waals surface area contributed by atoms with Gasteiger partial charge >= 0.3 is 5.97 Å². The molecule has 32 heavy (non-hydrogen) atoms. The topological polar surface area (TPSA) is 86.5 Å². The molecule has 0 saturated carbocycles. The summed E-state index contributed by atoms with van der Waals surface area (Å²) in [5, 5.41) is 13.4. The Morgan fingerprint density at radius 1 is 0.969 bits per heavy atom. The smallest absolute Gasteiger partial charge is 0.304 e. The molecular weight excluding hydrogens is 406 g/mol. The number of aliphatic carboxylic acids is 1. The van der Waals surface area contributed by atoms with Crippen LogP contribution < -0.4 is 9.47 Å². The van der Waals surface area contributed by atoms with Crippen LogP contribution in [-0.4, -0.2) is 25.8 Å². The van der Waals surface area contributed by atoms with E-state index in [9.17, 15) is 9.90 Å². The number of hydrogen-bond acceptors (Lipinski definition) is 5. The van der Waals surface area contributed by atoms with E-state index in [2.05, 4.69) is 10.1 Å². The highest BCUT2D eigenvalue weighted by Crippen LogP contribution is 2.28. The van der Waals surface area contributed by atoms with Crippen molar-refractivity contribution in [2.24, 2.45) is 7.05 Å². The lowest BCUT2D eigenvalue weighted by Crippen LogP contribution is -2.13. The number of carboxylic acid groups (broad SMARTS) is 1. The second-order valence-electron chi connectivity index (χ2n) is 7.31. The van der Waals surface area contributed by atoms with Gasteiger partial charge in [-0.05, 0) is 47.5 Å². The standard InChI is InChI=1S/C25H23N3O4/c1-28-25(26-17-27-28)23(15-24(29)30)19-10-12-20(13-11-19)31-16-18-6-5-9-22(14-18)32-21-7-3-2-4-8-21/h2-14,17,23H,15-16H2,1H3,(H,29,30)/t23-/m0/s1. The highest BCUT2D eigenvalue weighted by molar-refractivity contribution is 5.68. The first-order chi connectivity index (χ1) is 15.6. The van der Waals surface area contributed by atoms with Crippen LogP contribution >= 0.6 is 0 Å². The minimum absolute atomic E-state index is 0.0685. The molecule has 0 bridgehead atoms. The molecule has 0 radical (unpaired) electrons. The molecule has 0 aliphatic carbocycles. The summed E-state index contributed by atoms with van der Waals surface area (Å²) in [6, 6.07) is 24.8. The van der Waals surface area contributed by atoms with E-state index in [1.165, 1.54) is 6.33 Å².